The summed E-state index contributed by atoms with van der Waals surface area (Å²) in [6.07, 6.45) is 2.88. The van der Waals surface area contributed by atoms with Crippen molar-refractivity contribution in [2.75, 3.05) is 10.6 Å². The van der Waals surface area contributed by atoms with Crippen LogP contribution in [-0.4, -0.2) is 51.8 Å². The highest BCUT2D eigenvalue weighted by Crippen LogP contribution is 2.57. The smallest absolute Gasteiger partial charge is 0.411 e. The van der Waals surface area contributed by atoms with Gasteiger partial charge in [-0.1, -0.05) is 50.2 Å². The summed E-state index contributed by atoms with van der Waals surface area (Å²) in [6.45, 7) is 4.44. The Morgan fingerprint density at radius 3 is 2.58 bits per heavy atom. The first-order chi connectivity index (χ1) is 20.6. The highest BCUT2D eigenvalue weighted by Gasteiger charge is 2.70. The molecule has 6 rings (SSSR count). The number of aldehydes is 1. The molecule has 3 heterocycles. The van der Waals surface area contributed by atoms with Gasteiger partial charge in [-0.05, 0) is 82.1 Å². The van der Waals surface area contributed by atoms with Crippen LogP contribution in [0.25, 0.3) is 11.1 Å². The zero-order chi connectivity index (χ0) is 30.3. The van der Waals surface area contributed by atoms with E-state index in [1.807, 2.05) is 42.5 Å². The molecular weight excluding hydrogens is 725 g/mol. The molecule has 3 saturated heterocycles. The molecule has 5 atom stereocenters. The molecule has 0 radical (unpaired) electrons. The standard InChI is InChI=1S/C33H33BrIN3O5/c1-33(2)17-26(28-29-30(43-29)31(33)38(28)35)42-32(41)37-24-13-11-19(15-22(24)21-8-4-3-5-9-21)7-6-10-27(40)36-25-14-12-20(18-39)16-23(25)34/h3-5,8-9,11-16,18,26,28-31H,6-7,10,17H2,1-2H3,(H,36,40)(H,37,41). The molecule has 5 unspecified atom stereocenters. The largest absolute Gasteiger partial charge is 0.444 e. The minimum atomic E-state index is -0.470. The highest BCUT2D eigenvalue weighted by atomic mass is 127. The van der Waals surface area contributed by atoms with Crippen LogP contribution in [0, 0.1) is 5.41 Å². The maximum Gasteiger partial charge on any atom is 0.411 e. The van der Waals surface area contributed by atoms with Crippen LogP contribution in [0.2, 0.25) is 0 Å². The normalized spacial score (nSPS) is 25.0. The lowest BCUT2D eigenvalue weighted by molar-refractivity contribution is -0.116. The first-order valence-corrected chi connectivity index (χ1v) is 16.2. The Labute approximate surface area is 273 Å². The fraction of sp³-hybridized carbons (Fsp3) is 0.364. The summed E-state index contributed by atoms with van der Waals surface area (Å²) in [4.78, 5) is 36.8. The third kappa shape index (κ3) is 6.38. The molecule has 2 amide bonds. The lowest BCUT2D eigenvalue weighted by Crippen LogP contribution is -2.56. The maximum absolute atomic E-state index is 13.3. The number of morpholine rings is 1. The molecule has 3 aliphatic rings. The van der Waals surface area contributed by atoms with Gasteiger partial charge in [0.15, 0.2) is 0 Å². The van der Waals surface area contributed by atoms with Gasteiger partial charge in [0, 0.05) is 44.9 Å². The minimum Gasteiger partial charge on any atom is -0.444 e. The number of halogens is 2. The van der Waals surface area contributed by atoms with Crippen molar-refractivity contribution in [1.29, 1.82) is 0 Å². The number of carbonyl (C=O) groups is 3. The van der Waals surface area contributed by atoms with Crippen molar-refractivity contribution in [2.24, 2.45) is 5.41 Å². The minimum absolute atomic E-state index is 0.0240. The number of piperidine rings is 1. The molecule has 43 heavy (non-hydrogen) atoms. The first-order valence-electron chi connectivity index (χ1n) is 14.4. The molecule has 0 aromatic heterocycles. The molecule has 3 fully saturated rings. The van der Waals surface area contributed by atoms with E-state index in [0.29, 0.717) is 46.7 Å². The quantitative estimate of drug-likeness (QED) is 0.102. The number of anilines is 2. The van der Waals surface area contributed by atoms with E-state index in [4.69, 9.17) is 9.47 Å². The Balaban J connectivity index is 1.11. The van der Waals surface area contributed by atoms with Crippen LogP contribution in [0.5, 0.6) is 0 Å². The average molecular weight is 758 g/mol. The summed E-state index contributed by atoms with van der Waals surface area (Å²) < 4.78 is 15.0. The Kier molecular flexibility index (Phi) is 8.65. The number of benzene rings is 3. The Hall–Kier alpha value is -2.80. The molecule has 8 nitrogen and oxygen atoms in total. The molecule has 3 aliphatic heterocycles. The van der Waals surface area contributed by atoms with Crippen molar-refractivity contribution in [3.05, 3.63) is 82.3 Å². The van der Waals surface area contributed by atoms with E-state index < -0.39 is 6.09 Å². The Bertz CT molecular complexity index is 1550. The van der Waals surface area contributed by atoms with Crippen molar-refractivity contribution < 1.29 is 23.9 Å². The van der Waals surface area contributed by atoms with Gasteiger partial charge in [-0.3, -0.25) is 14.9 Å². The Morgan fingerprint density at radius 2 is 1.84 bits per heavy atom. The average Bonchev–Trinajstić information content (AvgIpc) is 3.68. The number of epoxide rings is 1. The fourth-order valence-electron chi connectivity index (χ4n) is 6.51. The van der Waals surface area contributed by atoms with Crippen LogP contribution in [0.15, 0.2) is 71.2 Å². The van der Waals surface area contributed by atoms with E-state index in [1.165, 1.54) is 0 Å². The van der Waals surface area contributed by atoms with Crippen molar-refractivity contribution in [1.82, 2.24) is 3.11 Å². The van der Waals surface area contributed by atoms with E-state index in [0.717, 1.165) is 29.4 Å². The number of amides is 2. The number of fused-ring (bicyclic) bond motifs is 5. The molecule has 3 aromatic carbocycles. The lowest BCUT2D eigenvalue weighted by Gasteiger charge is -2.46. The van der Waals surface area contributed by atoms with Crippen LogP contribution < -0.4 is 10.6 Å². The SMILES string of the molecule is CC1(C)CC(OC(=O)Nc2ccc(CCCC(=O)Nc3ccc(C=O)cc3Br)cc2-c2ccccc2)C2C3OC3C1N2I. The Morgan fingerprint density at radius 1 is 1.07 bits per heavy atom. The third-order valence-electron chi connectivity index (χ3n) is 8.61. The number of rotatable bonds is 9. The van der Waals surface area contributed by atoms with Crippen LogP contribution in [0.4, 0.5) is 16.2 Å². The number of hydrogen-bond donors (Lipinski definition) is 2. The van der Waals surface area contributed by atoms with Crippen LogP contribution in [0.3, 0.4) is 0 Å². The molecule has 0 saturated carbocycles. The molecular formula is C33H33BrIN3O5. The van der Waals surface area contributed by atoms with Gasteiger partial charge in [0.25, 0.3) is 0 Å². The summed E-state index contributed by atoms with van der Waals surface area (Å²) in [5, 5.41) is 5.91. The number of carbonyl (C=O) groups excluding carboxylic acids is 3. The number of hydrogen-bond acceptors (Lipinski definition) is 6. The van der Waals surface area contributed by atoms with E-state index in [-0.39, 0.29) is 35.7 Å². The molecule has 2 bridgehead atoms. The number of aryl methyl sites for hydroxylation is 1. The topological polar surface area (TPSA) is 100 Å². The second-order valence-corrected chi connectivity index (χ2v) is 14.1. The molecule has 0 spiro atoms. The van der Waals surface area contributed by atoms with E-state index in [1.54, 1.807) is 18.2 Å². The third-order valence-corrected chi connectivity index (χ3v) is 10.5. The zero-order valence-corrected chi connectivity index (χ0v) is 27.6. The molecule has 2 N–H and O–H groups in total. The summed E-state index contributed by atoms with van der Waals surface area (Å²) in [5.41, 5.74) is 4.75. The van der Waals surface area contributed by atoms with Crippen molar-refractivity contribution >= 4 is 68.5 Å². The lowest BCUT2D eigenvalue weighted by atomic mass is 9.77. The predicted octanol–water partition coefficient (Wildman–Crippen LogP) is 7.41. The number of nitrogens with one attached hydrogen (secondary N) is 2. The number of nitrogens with zero attached hydrogens (tertiary/aromatic N) is 1. The van der Waals surface area contributed by atoms with Gasteiger partial charge in [-0.2, -0.15) is 0 Å². The van der Waals surface area contributed by atoms with Crippen molar-refractivity contribution in [2.45, 2.75) is 69.9 Å². The molecule has 0 aliphatic carbocycles. The first kappa shape index (κ1) is 30.2. The predicted molar refractivity (Wildman–Crippen MR) is 177 cm³/mol. The van der Waals surface area contributed by atoms with Crippen LogP contribution >= 0.6 is 38.8 Å². The van der Waals surface area contributed by atoms with Gasteiger partial charge < -0.3 is 14.8 Å². The summed E-state index contributed by atoms with van der Waals surface area (Å²) in [7, 11) is 0. The van der Waals surface area contributed by atoms with E-state index >= 15 is 0 Å². The zero-order valence-electron chi connectivity index (χ0n) is 23.9. The van der Waals surface area contributed by atoms with Gasteiger partial charge in [-0.15, -0.1) is 0 Å². The van der Waals surface area contributed by atoms with Gasteiger partial charge in [0.1, 0.15) is 24.6 Å². The van der Waals surface area contributed by atoms with Gasteiger partial charge >= 0.3 is 6.09 Å². The van der Waals surface area contributed by atoms with E-state index in [2.05, 4.69) is 72.5 Å². The van der Waals surface area contributed by atoms with Gasteiger partial charge in [0.05, 0.1) is 23.5 Å². The van der Waals surface area contributed by atoms with Crippen LogP contribution in [-0.2, 0) is 20.7 Å². The number of ether oxygens (including phenoxy) is 2. The molecule has 3 aromatic rings. The second kappa shape index (κ2) is 12.3. The van der Waals surface area contributed by atoms with Gasteiger partial charge in [0.2, 0.25) is 5.91 Å². The highest BCUT2D eigenvalue weighted by molar-refractivity contribution is 14.1. The van der Waals surface area contributed by atoms with Crippen LogP contribution in [0.1, 0.15) is 49.0 Å². The monoisotopic (exact) mass is 757 g/mol. The van der Waals surface area contributed by atoms with Crippen molar-refractivity contribution in [3.8, 4) is 11.1 Å². The van der Waals surface area contributed by atoms with E-state index in [9.17, 15) is 14.4 Å². The van der Waals surface area contributed by atoms with Gasteiger partial charge in [-0.25, -0.2) is 7.91 Å². The molecule has 224 valence electrons. The van der Waals surface area contributed by atoms with Crippen molar-refractivity contribution in [3.63, 3.8) is 0 Å². The fourth-order valence-corrected chi connectivity index (χ4v) is 8.76. The maximum atomic E-state index is 13.3. The summed E-state index contributed by atoms with van der Waals surface area (Å²) >= 11 is 5.77. The second-order valence-electron chi connectivity index (χ2n) is 12.1. The summed E-state index contributed by atoms with van der Waals surface area (Å²) in [5.74, 6) is -0.101. The summed E-state index contributed by atoms with van der Waals surface area (Å²) in [6, 6.07) is 21.3. The molecule has 10 heteroatoms.